The molecule has 0 unspecified atom stereocenters. The summed E-state index contributed by atoms with van der Waals surface area (Å²) in [6.45, 7) is 3.70. The second kappa shape index (κ2) is 6.70. The van der Waals surface area contributed by atoms with Crippen molar-refractivity contribution in [2.24, 2.45) is 4.40 Å². The van der Waals surface area contributed by atoms with E-state index in [2.05, 4.69) is 11.0 Å². The maximum Gasteiger partial charge on any atom is 0.285 e. The average molecular weight is 401 g/mol. The first-order valence-electron chi connectivity index (χ1n) is 6.97. The highest BCUT2D eigenvalue weighted by Gasteiger charge is 2.17. The van der Waals surface area contributed by atoms with E-state index in [1.165, 1.54) is 34.9 Å². The summed E-state index contributed by atoms with van der Waals surface area (Å²) in [7, 11) is -4.04. The van der Waals surface area contributed by atoms with Gasteiger partial charge in [0.15, 0.2) is 5.82 Å². The van der Waals surface area contributed by atoms with E-state index in [-0.39, 0.29) is 26.5 Å². The summed E-state index contributed by atoms with van der Waals surface area (Å²) in [4.78, 5) is -0.0273. The first kappa shape index (κ1) is 17.8. The molecule has 0 aliphatic heterocycles. The Morgan fingerprint density at radius 3 is 2.56 bits per heavy atom. The molecule has 9 heteroatoms. The van der Waals surface area contributed by atoms with Crippen LogP contribution in [0.3, 0.4) is 0 Å². The molecule has 3 aromatic rings. The van der Waals surface area contributed by atoms with E-state index in [1.54, 1.807) is 0 Å². The van der Waals surface area contributed by atoms with Crippen LogP contribution in [0.4, 0.5) is 8.78 Å². The van der Waals surface area contributed by atoms with Crippen LogP contribution in [0.5, 0.6) is 0 Å². The summed E-state index contributed by atoms with van der Waals surface area (Å²) in [6, 6.07) is 7.39. The molecule has 0 saturated heterocycles. The van der Waals surface area contributed by atoms with Gasteiger partial charge in [0.05, 0.1) is 15.1 Å². The third kappa shape index (κ3) is 3.51. The second-order valence-electron chi connectivity index (χ2n) is 5.04. The van der Waals surface area contributed by atoms with Crippen molar-refractivity contribution in [3.8, 4) is 0 Å². The number of hydrogen-bond donors (Lipinski definition) is 0. The zero-order valence-corrected chi connectivity index (χ0v) is 15.0. The Hall–Kier alpha value is -2.03. The maximum absolute atomic E-state index is 14.2. The lowest BCUT2D eigenvalue weighted by molar-refractivity contribution is 0.585. The third-order valence-electron chi connectivity index (χ3n) is 3.32. The average Bonchev–Trinajstić information content (AvgIpc) is 2.85. The molecule has 0 saturated carbocycles. The number of sulfonamides is 1. The summed E-state index contributed by atoms with van der Waals surface area (Å²) in [5.74, 6) is -1.54. The molecule has 2 aromatic carbocycles. The molecule has 0 fully saturated rings. The number of halogens is 3. The maximum atomic E-state index is 14.2. The van der Waals surface area contributed by atoms with Gasteiger partial charge in [-0.3, -0.25) is 0 Å². The van der Waals surface area contributed by atoms with Crippen LogP contribution >= 0.6 is 22.9 Å². The van der Waals surface area contributed by atoms with Gasteiger partial charge in [-0.15, -0.1) is 11.0 Å². The van der Waals surface area contributed by atoms with E-state index >= 15 is 0 Å². The highest BCUT2D eigenvalue weighted by molar-refractivity contribution is 7.90. The number of aromatic nitrogens is 1. The van der Waals surface area contributed by atoms with Crippen molar-refractivity contribution in [1.82, 2.24) is 4.57 Å². The van der Waals surface area contributed by atoms with Crippen molar-refractivity contribution < 1.29 is 17.2 Å². The lowest BCUT2D eigenvalue weighted by Gasteiger charge is -2.03. The topological polar surface area (TPSA) is 51.4 Å². The predicted octanol–water partition coefficient (Wildman–Crippen LogP) is 4.11. The first-order chi connectivity index (χ1) is 11.8. The normalized spacial score (nSPS) is 12.7. The van der Waals surface area contributed by atoms with Gasteiger partial charge in [-0.05, 0) is 30.3 Å². The van der Waals surface area contributed by atoms with Crippen molar-refractivity contribution in [3.05, 3.63) is 70.5 Å². The van der Waals surface area contributed by atoms with E-state index in [9.17, 15) is 17.2 Å². The summed E-state index contributed by atoms with van der Waals surface area (Å²) in [5, 5.41) is 0.389. The van der Waals surface area contributed by atoms with Crippen LogP contribution < -0.4 is 4.80 Å². The fourth-order valence-electron chi connectivity index (χ4n) is 2.26. The molecular formula is C16H11ClF2N2O2S2. The van der Waals surface area contributed by atoms with Crippen molar-refractivity contribution >= 4 is 43.2 Å². The fourth-order valence-corrected chi connectivity index (χ4v) is 4.67. The predicted molar refractivity (Wildman–Crippen MR) is 94.1 cm³/mol. The van der Waals surface area contributed by atoms with E-state index in [1.807, 2.05) is 0 Å². The van der Waals surface area contributed by atoms with Crippen molar-refractivity contribution in [1.29, 1.82) is 0 Å². The molecule has 0 atom stereocenters. The molecule has 25 heavy (non-hydrogen) atoms. The lowest BCUT2D eigenvalue weighted by Crippen LogP contribution is -2.17. The van der Waals surface area contributed by atoms with Gasteiger partial charge in [0.1, 0.15) is 5.82 Å². The Balaban J connectivity index is 2.28. The molecule has 0 amide bonds. The zero-order valence-electron chi connectivity index (χ0n) is 12.6. The van der Waals surface area contributed by atoms with Crippen LogP contribution in [0.2, 0.25) is 5.02 Å². The Morgan fingerprint density at radius 2 is 1.92 bits per heavy atom. The largest absolute Gasteiger partial charge is 0.309 e. The Labute approximate surface area is 151 Å². The van der Waals surface area contributed by atoms with Gasteiger partial charge in [0.2, 0.25) is 4.80 Å². The third-order valence-corrected chi connectivity index (χ3v) is 5.99. The summed E-state index contributed by atoms with van der Waals surface area (Å²) >= 11 is 6.64. The molecule has 4 nitrogen and oxygen atoms in total. The Morgan fingerprint density at radius 1 is 1.24 bits per heavy atom. The molecule has 0 bridgehead atoms. The van der Waals surface area contributed by atoms with Crippen molar-refractivity contribution in [3.63, 3.8) is 0 Å². The van der Waals surface area contributed by atoms with Crippen molar-refractivity contribution in [2.75, 3.05) is 0 Å². The minimum Gasteiger partial charge on any atom is -0.309 e. The molecule has 0 aliphatic rings. The summed E-state index contributed by atoms with van der Waals surface area (Å²) < 4.78 is 58.0. The zero-order chi connectivity index (χ0) is 18.2. The smallest absolute Gasteiger partial charge is 0.285 e. The second-order valence-corrected chi connectivity index (χ2v) is 8.09. The molecule has 0 radical (unpaired) electrons. The number of fused-ring (bicyclic) bond motifs is 1. The fraction of sp³-hybridized carbons (Fsp3) is 0.0625. The number of benzene rings is 2. The van der Waals surface area contributed by atoms with Crippen LogP contribution in [0, 0.1) is 11.6 Å². The minimum atomic E-state index is -4.04. The van der Waals surface area contributed by atoms with Gasteiger partial charge in [-0.25, -0.2) is 8.78 Å². The monoisotopic (exact) mass is 400 g/mol. The van der Waals surface area contributed by atoms with E-state index in [0.717, 1.165) is 23.5 Å². The van der Waals surface area contributed by atoms with E-state index < -0.39 is 21.7 Å². The molecule has 1 aromatic heterocycles. The van der Waals surface area contributed by atoms with E-state index in [0.29, 0.717) is 5.02 Å². The number of nitrogens with zero attached hydrogens (tertiary/aromatic N) is 2. The molecule has 130 valence electrons. The lowest BCUT2D eigenvalue weighted by atomic mass is 10.3. The molecule has 0 aliphatic carbocycles. The highest BCUT2D eigenvalue weighted by Crippen LogP contribution is 2.23. The first-order valence-corrected chi connectivity index (χ1v) is 9.61. The van der Waals surface area contributed by atoms with Crippen LogP contribution in [-0.2, 0) is 16.6 Å². The molecule has 0 spiro atoms. The number of thiazole rings is 1. The van der Waals surface area contributed by atoms with Crippen LogP contribution in [0.15, 0.2) is 58.3 Å². The SMILES string of the molecule is C=CCn1/c(=N/S(=O)(=O)c2ccc(Cl)cc2)sc2cc(F)cc(F)c21. The molecule has 1 heterocycles. The molecular weight excluding hydrogens is 390 g/mol. The molecule has 3 rings (SSSR count). The highest BCUT2D eigenvalue weighted by atomic mass is 35.5. The van der Waals surface area contributed by atoms with Crippen LogP contribution in [0.1, 0.15) is 0 Å². The Kier molecular flexibility index (Phi) is 4.77. The van der Waals surface area contributed by atoms with Gasteiger partial charge in [0.25, 0.3) is 10.0 Å². The standard InChI is InChI=1S/C16H11ClF2N2O2S2/c1-2-7-21-15-13(19)8-11(18)9-14(15)24-16(21)20-25(22,23)12-5-3-10(17)4-6-12/h2-6,8-9H,1,7H2/b20-16-. The van der Waals surface area contributed by atoms with E-state index in [4.69, 9.17) is 11.6 Å². The van der Waals surface area contributed by atoms with Gasteiger partial charge in [-0.2, -0.15) is 8.42 Å². The van der Waals surface area contributed by atoms with Gasteiger partial charge >= 0.3 is 0 Å². The van der Waals surface area contributed by atoms with Crippen LogP contribution in [-0.4, -0.2) is 13.0 Å². The van der Waals surface area contributed by atoms with Gasteiger partial charge in [-0.1, -0.05) is 29.0 Å². The number of allylic oxidation sites excluding steroid dienone is 1. The Bertz CT molecular complexity index is 1130. The summed E-state index contributed by atoms with van der Waals surface area (Å²) in [5.41, 5.74) is 0.0800. The molecule has 0 N–H and O–H groups in total. The quantitative estimate of drug-likeness (QED) is 0.619. The number of rotatable bonds is 4. The summed E-state index contributed by atoms with van der Waals surface area (Å²) in [6.07, 6.45) is 1.48. The van der Waals surface area contributed by atoms with Gasteiger partial charge in [0, 0.05) is 17.6 Å². The van der Waals surface area contributed by atoms with Crippen molar-refractivity contribution in [2.45, 2.75) is 11.4 Å². The number of hydrogen-bond acceptors (Lipinski definition) is 3. The minimum absolute atomic E-state index is 0.0225. The van der Waals surface area contributed by atoms with Crippen LogP contribution in [0.25, 0.3) is 10.2 Å². The van der Waals surface area contributed by atoms with Gasteiger partial charge < -0.3 is 4.57 Å².